The smallest absolute Gasteiger partial charge is 0.225 e. The first-order chi connectivity index (χ1) is 8.55. The highest BCUT2D eigenvalue weighted by molar-refractivity contribution is 7.18. The summed E-state index contributed by atoms with van der Waals surface area (Å²) in [5.74, 6) is 0.640. The Balaban J connectivity index is 2.25. The molecular formula is C13H19N3OS. The van der Waals surface area contributed by atoms with Crippen LogP contribution in [0.25, 0.3) is 10.2 Å². The zero-order valence-corrected chi connectivity index (χ0v) is 11.9. The van der Waals surface area contributed by atoms with Crippen LogP contribution in [0.3, 0.4) is 0 Å². The molecule has 0 spiro atoms. The lowest BCUT2D eigenvalue weighted by Crippen LogP contribution is -2.41. The molecule has 0 amide bonds. The third-order valence-electron chi connectivity index (χ3n) is 3.04. The van der Waals surface area contributed by atoms with Crippen LogP contribution in [0.4, 0.5) is 0 Å². The first-order valence-corrected chi connectivity index (χ1v) is 7.02. The highest BCUT2D eigenvalue weighted by atomic mass is 32.1. The Bertz CT molecular complexity index is 536. The maximum atomic E-state index is 6.07. The molecule has 2 N–H and O–H groups in total. The van der Waals surface area contributed by atoms with E-state index in [9.17, 15) is 0 Å². The van der Waals surface area contributed by atoms with Crippen LogP contribution < -0.4 is 10.5 Å². The average molecular weight is 265 g/mol. The summed E-state index contributed by atoms with van der Waals surface area (Å²) >= 11 is 1.69. The largest absolute Gasteiger partial charge is 0.475 e. The maximum absolute atomic E-state index is 6.07. The number of nitrogens with two attached hydrogens (primary N) is 1. The van der Waals surface area contributed by atoms with Gasteiger partial charge in [-0.2, -0.15) is 0 Å². The first kappa shape index (κ1) is 13.2. The van der Waals surface area contributed by atoms with Gasteiger partial charge in [0.05, 0.1) is 5.39 Å². The summed E-state index contributed by atoms with van der Waals surface area (Å²) in [5, 5.41) is 0.992. The lowest BCUT2D eigenvalue weighted by molar-refractivity contribution is 0.221. The second kappa shape index (κ2) is 5.20. The van der Waals surface area contributed by atoms with Gasteiger partial charge in [-0.05, 0) is 25.8 Å². The van der Waals surface area contributed by atoms with E-state index in [1.807, 2.05) is 6.92 Å². The molecule has 0 saturated heterocycles. The number of thiophene rings is 1. The lowest BCUT2D eigenvalue weighted by atomic mass is 10.0. The van der Waals surface area contributed by atoms with Crippen LogP contribution in [-0.4, -0.2) is 22.1 Å². The van der Waals surface area contributed by atoms with E-state index in [4.69, 9.17) is 10.5 Å². The Kier molecular flexibility index (Phi) is 3.82. The molecule has 18 heavy (non-hydrogen) atoms. The van der Waals surface area contributed by atoms with E-state index in [0.29, 0.717) is 12.5 Å². The summed E-state index contributed by atoms with van der Waals surface area (Å²) in [6, 6.07) is 2.11. The Morgan fingerprint density at radius 3 is 2.83 bits per heavy atom. The molecule has 0 aliphatic carbocycles. The van der Waals surface area contributed by atoms with E-state index in [-0.39, 0.29) is 5.54 Å². The molecule has 4 nitrogen and oxygen atoms in total. The predicted molar refractivity (Wildman–Crippen MR) is 75.2 cm³/mol. The van der Waals surface area contributed by atoms with E-state index in [1.54, 1.807) is 17.7 Å². The molecule has 5 heteroatoms. The summed E-state index contributed by atoms with van der Waals surface area (Å²) in [7, 11) is 0. The number of ether oxygens (including phenoxy) is 1. The summed E-state index contributed by atoms with van der Waals surface area (Å²) in [4.78, 5) is 10.8. The molecule has 0 fully saturated rings. The molecule has 2 aromatic rings. The SMILES string of the molecule is CCc1cc2c(OCC(C)(N)CC)ncnc2s1. The number of fused-ring (bicyclic) bond motifs is 1. The van der Waals surface area contributed by atoms with Gasteiger partial charge in [-0.15, -0.1) is 11.3 Å². The van der Waals surface area contributed by atoms with E-state index < -0.39 is 0 Å². The van der Waals surface area contributed by atoms with Crippen molar-refractivity contribution >= 4 is 21.6 Å². The molecule has 1 atom stereocenters. The van der Waals surface area contributed by atoms with E-state index in [1.165, 1.54) is 4.88 Å². The normalized spacial score (nSPS) is 14.7. The maximum Gasteiger partial charge on any atom is 0.225 e. The van der Waals surface area contributed by atoms with Gasteiger partial charge in [-0.25, -0.2) is 9.97 Å². The van der Waals surface area contributed by atoms with Crippen LogP contribution in [0.1, 0.15) is 32.1 Å². The van der Waals surface area contributed by atoms with Gasteiger partial charge in [0, 0.05) is 10.4 Å². The van der Waals surface area contributed by atoms with Crippen molar-refractivity contribution in [1.29, 1.82) is 0 Å². The fraction of sp³-hybridized carbons (Fsp3) is 0.538. The van der Waals surface area contributed by atoms with E-state index >= 15 is 0 Å². The second-order valence-corrected chi connectivity index (χ2v) is 5.88. The Morgan fingerprint density at radius 1 is 1.39 bits per heavy atom. The molecule has 98 valence electrons. The zero-order chi connectivity index (χ0) is 13.2. The molecule has 2 aromatic heterocycles. The molecule has 0 aromatic carbocycles. The second-order valence-electron chi connectivity index (χ2n) is 4.76. The van der Waals surface area contributed by atoms with Crippen LogP contribution in [0, 0.1) is 0 Å². The predicted octanol–water partition coefficient (Wildman–Crippen LogP) is 2.76. The summed E-state index contributed by atoms with van der Waals surface area (Å²) in [6.07, 6.45) is 3.42. The third kappa shape index (κ3) is 2.79. The van der Waals surface area contributed by atoms with Gasteiger partial charge in [-0.1, -0.05) is 13.8 Å². The third-order valence-corrected chi connectivity index (χ3v) is 4.23. The van der Waals surface area contributed by atoms with E-state index in [2.05, 4.69) is 29.9 Å². The topological polar surface area (TPSA) is 61.0 Å². The first-order valence-electron chi connectivity index (χ1n) is 6.21. The number of aromatic nitrogens is 2. The van der Waals surface area contributed by atoms with Gasteiger partial charge in [0.25, 0.3) is 0 Å². The van der Waals surface area contributed by atoms with Crippen molar-refractivity contribution in [3.8, 4) is 5.88 Å². The van der Waals surface area contributed by atoms with Gasteiger partial charge in [0.2, 0.25) is 5.88 Å². The van der Waals surface area contributed by atoms with Gasteiger partial charge >= 0.3 is 0 Å². The number of rotatable bonds is 5. The fourth-order valence-corrected chi connectivity index (χ4v) is 2.43. The lowest BCUT2D eigenvalue weighted by Gasteiger charge is -2.22. The van der Waals surface area contributed by atoms with E-state index in [0.717, 1.165) is 23.1 Å². The number of aryl methyl sites for hydroxylation is 1. The van der Waals surface area contributed by atoms with Crippen molar-refractivity contribution in [2.24, 2.45) is 5.73 Å². The Morgan fingerprint density at radius 2 is 2.17 bits per heavy atom. The summed E-state index contributed by atoms with van der Waals surface area (Å²) in [5.41, 5.74) is 5.75. The standard InChI is InChI=1S/C13H19N3OS/c1-4-9-6-10-11(15-8-16-12(10)18-9)17-7-13(3,14)5-2/h6,8H,4-5,7,14H2,1-3H3. The molecule has 1 unspecified atom stereocenters. The van der Waals surface area contributed by atoms with Crippen LogP contribution in [0.2, 0.25) is 0 Å². The van der Waals surface area contributed by atoms with Crippen molar-refractivity contribution in [2.45, 2.75) is 39.2 Å². The van der Waals surface area contributed by atoms with Gasteiger partial charge in [0.1, 0.15) is 17.8 Å². The minimum Gasteiger partial charge on any atom is -0.475 e. The Labute approximate surface area is 111 Å². The highest BCUT2D eigenvalue weighted by Crippen LogP contribution is 2.30. The molecule has 0 aliphatic rings. The van der Waals surface area contributed by atoms with Crippen LogP contribution in [-0.2, 0) is 6.42 Å². The van der Waals surface area contributed by atoms with Gasteiger partial charge in [0.15, 0.2) is 0 Å². The van der Waals surface area contributed by atoms with Crippen molar-refractivity contribution in [3.63, 3.8) is 0 Å². The van der Waals surface area contributed by atoms with Crippen molar-refractivity contribution in [1.82, 2.24) is 9.97 Å². The monoisotopic (exact) mass is 265 g/mol. The van der Waals surface area contributed by atoms with Gasteiger partial charge < -0.3 is 10.5 Å². The number of hydrogen-bond donors (Lipinski definition) is 1. The molecule has 0 radical (unpaired) electrons. The molecular weight excluding hydrogens is 246 g/mol. The van der Waals surface area contributed by atoms with Crippen molar-refractivity contribution in [3.05, 3.63) is 17.3 Å². The number of hydrogen-bond acceptors (Lipinski definition) is 5. The average Bonchev–Trinajstić information content (AvgIpc) is 2.80. The quantitative estimate of drug-likeness (QED) is 0.903. The Hall–Kier alpha value is -1.20. The molecule has 2 rings (SSSR count). The summed E-state index contributed by atoms with van der Waals surface area (Å²) in [6.45, 7) is 6.63. The summed E-state index contributed by atoms with van der Waals surface area (Å²) < 4.78 is 5.76. The van der Waals surface area contributed by atoms with Gasteiger partial charge in [-0.3, -0.25) is 0 Å². The van der Waals surface area contributed by atoms with Crippen molar-refractivity contribution in [2.75, 3.05) is 6.61 Å². The van der Waals surface area contributed by atoms with Crippen LogP contribution in [0.15, 0.2) is 12.4 Å². The fourth-order valence-electron chi connectivity index (χ4n) is 1.51. The molecule has 0 saturated carbocycles. The highest BCUT2D eigenvalue weighted by Gasteiger charge is 2.18. The minimum atomic E-state index is -0.319. The van der Waals surface area contributed by atoms with Crippen LogP contribution >= 0.6 is 11.3 Å². The zero-order valence-electron chi connectivity index (χ0n) is 11.1. The van der Waals surface area contributed by atoms with Crippen LogP contribution in [0.5, 0.6) is 5.88 Å². The molecule has 0 aliphatic heterocycles. The molecule has 0 bridgehead atoms. The minimum absolute atomic E-state index is 0.319. The molecule has 2 heterocycles. The van der Waals surface area contributed by atoms with Crippen molar-refractivity contribution < 1.29 is 4.74 Å². The number of nitrogens with zero attached hydrogens (tertiary/aromatic N) is 2.